The Labute approximate surface area is 152 Å². The van der Waals surface area contributed by atoms with Crippen LogP contribution in [0.15, 0.2) is 30.7 Å². The van der Waals surface area contributed by atoms with Crippen molar-refractivity contribution in [1.82, 2.24) is 39.8 Å². The van der Waals surface area contributed by atoms with Crippen LogP contribution in [0.3, 0.4) is 0 Å². The standard InChI is InChI=1S/C17H16N8O2/c26-17(27)13-9-25(21-14(13)5-15-19-22-23-20-15)8-12-7-24-6-11(10-1-2-10)3-4-16(24)18-12/h3-4,6-7,9-10H,1-2,5,8H2,(H,26,27)(H,19,20,22,23). The number of pyridine rings is 1. The third-order valence-corrected chi connectivity index (χ3v) is 4.68. The number of carbonyl (C=O) groups is 1. The predicted octanol–water partition coefficient (Wildman–Crippen LogP) is 1.26. The monoisotopic (exact) mass is 364 g/mol. The van der Waals surface area contributed by atoms with Gasteiger partial charge in [-0.15, -0.1) is 10.2 Å². The summed E-state index contributed by atoms with van der Waals surface area (Å²) in [6.45, 7) is 0.382. The van der Waals surface area contributed by atoms with Gasteiger partial charge in [-0.2, -0.15) is 10.3 Å². The smallest absolute Gasteiger partial charge is 0.339 e. The van der Waals surface area contributed by atoms with Gasteiger partial charge in [0.1, 0.15) is 11.2 Å². The van der Waals surface area contributed by atoms with Crippen LogP contribution >= 0.6 is 0 Å². The number of aromatic amines is 1. The van der Waals surface area contributed by atoms with E-state index in [0.29, 0.717) is 24.0 Å². The second-order valence-corrected chi connectivity index (χ2v) is 6.73. The molecule has 0 bridgehead atoms. The minimum absolute atomic E-state index is 0.125. The maximum atomic E-state index is 11.5. The maximum Gasteiger partial charge on any atom is 0.339 e. The van der Waals surface area contributed by atoms with Crippen LogP contribution in [-0.4, -0.2) is 50.9 Å². The third-order valence-electron chi connectivity index (χ3n) is 4.68. The Morgan fingerprint density at radius 1 is 1.26 bits per heavy atom. The molecule has 4 aromatic rings. The molecule has 0 unspecified atom stereocenters. The quantitative estimate of drug-likeness (QED) is 0.527. The first-order chi connectivity index (χ1) is 13.2. The van der Waals surface area contributed by atoms with Crippen molar-refractivity contribution < 1.29 is 9.90 Å². The normalized spacial score (nSPS) is 14.1. The predicted molar refractivity (Wildman–Crippen MR) is 92.4 cm³/mol. The van der Waals surface area contributed by atoms with E-state index in [1.165, 1.54) is 24.6 Å². The third kappa shape index (κ3) is 3.05. The van der Waals surface area contributed by atoms with Crippen molar-refractivity contribution in [2.24, 2.45) is 0 Å². The summed E-state index contributed by atoms with van der Waals surface area (Å²) in [6.07, 6.45) is 8.29. The van der Waals surface area contributed by atoms with E-state index in [1.807, 2.05) is 16.7 Å². The van der Waals surface area contributed by atoms with Crippen molar-refractivity contribution in [3.8, 4) is 0 Å². The summed E-state index contributed by atoms with van der Waals surface area (Å²) in [4.78, 5) is 16.1. The molecule has 2 N–H and O–H groups in total. The number of carboxylic acid groups (broad SMARTS) is 1. The van der Waals surface area contributed by atoms with Crippen molar-refractivity contribution >= 4 is 11.6 Å². The number of imidazole rings is 1. The second-order valence-electron chi connectivity index (χ2n) is 6.73. The zero-order valence-corrected chi connectivity index (χ0v) is 14.3. The first-order valence-corrected chi connectivity index (χ1v) is 8.65. The van der Waals surface area contributed by atoms with Gasteiger partial charge >= 0.3 is 5.97 Å². The summed E-state index contributed by atoms with van der Waals surface area (Å²) in [5.41, 5.74) is 3.53. The van der Waals surface area contributed by atoms with Crippen molar-refractivity contribution in [2.45, 2.75) is 31.7 Å². The van der Waals surface area contributed by atoms with Gasteiger partial charge < -0.3 is 9.51 Å². The molecule has 0 amide bonds. The van der Waals surface area contributed by atoms with E-state index in [4.69, 9.17) is 0 Å². The van der Waals surface area contributed by atoms with Gasteiger partial charge in [0.05, 0.1) is 24.4 Å². The number of H-pyrrole nitrogens is 1. The summed E-state index contributed by atoms with van der Waals surface area (Å²) in [5.74, 6) is 0.0316. The Morgan fingerprint density at radius 3 is 2.89 bits per heavy atom. The molecule has 1 saturated carbocycles. The second kappa shape index (κ2) is 6.01. The van der Waals surface area contributed by atoms with Gasteiger partial charge in [-0.05, 0) is 30.4 Å². The molecule has 10 nitrogen and oxygen atoms in total. The highest BCUT2D eigenvalue weighted by Gasteiger charge is 2.24. The lowest BCUT2D eigenvalue weighted by molar-refractivity contribution is 0.0695. The van der Waals surface area contributed by atoms with Gasteiger partial charge in [-0.25, -0.2) is 9.78 Å². The van der Waals surface area contributed by atoms with Crippen LogP contribution in [0.1, 0.15) is 51.9 Å². The van der Waals surface area contributed by atoms with Crippen LogP contribution in [0.2, 0.25) is 0 Å². The van der Waals surface area contributed by atoms with Crippen LogP contribution in [0.5, 0.6) is 0 Å². The number of aromatic carboxylic acids is 1. The van der Waals surface area contributed by atoms with Crippen LogP contribution in [0, 0.1) is 0 Å². The first-order valence-electron chi connectivity index (χ1n) is 8.65. The zero-order chi connectivity index (χ0) is 18.4. The molecular weight excluding hydrogens is 348 g/mol. The number of fused-ring (bicyclic) bond motifs is 1. The average Bonchev–Trinajstić information content (AvgIpc) is 3.03. The molecular formula is C17H16N8O2. The summed E-state index contributed by atoms with van der Waals surface area (Å²) < 4.78 is 3.60. The van der Waals surface area contributed by atoms with Crippen molar-refractivity contribution in [3.63, 3.8) is 0 Å². The van der Waals surface area contributed by atoms with E-state index >= 15 is 0 Å². The van der Waals surface area contributed by atoms with Crippen LogP contribution in [0.4, 0.5) is 0 Å². The Hall–Kier alpha value is -3.56. The number of nitrogens with zero attached hydrogens (tertiary/aromatic N) is 7. The highest BCUT2D eigenvalue weighted by Crippen LogP contribution is 2.39. The number of hydrogen-bond acceptors (Lipinski definition) is 6. The lowest BCUT2D eigenvalue weighted by Gasteiger charge is -1.98. The Morgan fingerprint density at radius 2 is 2.15 bits per heavy atom. The minimum atomic E-state index is -1.04. The molecule has 0 saturated heterocycles. The molecule has 4 heterocycles. The Kier molecular flexibility index (Phi) is 3.49. The van der Waals surface area contributed by atoms with Gasteiger partial charge in [-0.3, -0.25) is 4.68 Å². The van der Waals surface area contributed by atoms with E-state index in [0.717, 1.165) is 11.3 Å². The Bertz CT molecular complexity index is 1120. The van der Waals surface area contributed by atoms with Crippen molar-refractivity contribution in [2.75, 3.05) is 0 Å². The molecule has 0 atom stereocenters. The van der Waals surface area contributed by atoms with Crippen molar-refractivity contribution in [3.05, 3.63) is 59.1 Å². The zero-order valence-electron chi connectivity index (χ0n) is 14.3. The fraction of sp³-hybridized carbons (Fsp3) is 0.294. The highest BCUT2D eigenvalue weighted by molar-refractivity contribution is 5.88. The molecule has 1 aliphatic rings. The van der Waals surface area contributed by atoms with E-state index in [-0.39, 0.29) is 12.0 Å². The highest BCUT2D eigenvalue weighted by atomic mass is 16.4. The molecule has 136 valence electrons. The maximum absolute atomic E-state index is 11.5. The van der Waals surface area contributed by atoms with E-state index < -0.39 is 5.97 Å². The minimum Gasteiger partial charge on any atom is -0.478 e. The molecule has 0 spiro atoms. The molecule has 0 radical (unpaired) electrons. The number of nitrogens with one attached hydrogen (secondary N) is 1. The Balaban J connectivity index is 1.42. The summed E-state index contributed by atoms with van der Waals surface area (Å²) in [5, 5.41) is 27.4. The van der Waals surface area contributed by atoms with Gasteiger partial charge in [-0.1, -0.05) is 11.3 Å². The first kappa shape index (κ1) is 15.7. The topological polar surface area (TPSA) is 127 Å². The molecule has 1 aliphatic carbocycles. The molecule has 5 rings (SSSR count). The van der Waals surface area contributed by atoms with Crippen LogP contribution in [0.25, 0.3) is 5.65 Å². The molecule has 0 aliphatic heterocycles. The summed E-state index contributed by atoms with van der Waals surface area (Å²) in [6, 6.07) is 4.15. The molecule has 10 heteroatoms. The van der Waals surface area contributed by atoms with Gasteiger partial charge in [0, 0.05) is 18.6 Å². The number of carboxylic acids is 1. The van der Waals surface area contributed by atoms with Gasteiger partial charge in [0.25, 0.3) is 0 Å². The molecule has 0 aromatic carbocycles. The average molecular weight is 364 g/mol. The number of rotatable bonds is 6. The number of tetrazole rings is 1. The van der Waals surface area contributed by atoms with E-state index in [9.17, 15) is 9.90 Å². The fourth-order valence-corrected chi connectivity index (χ4v) is 3.22. The van der Waals surface area contributed by atoms with Gasteiger partial charge in [0.15, 0.2) is 5.82 Å². The van der Waals surface area contributed by atoms with E-state index in [2.05, 4.69) is 43.0 Å². The van der Waals surface area contributed by atoms with Crippen LogP contribution < -0.4 is 0 Å². The summed E-state index contributed by atoms with van der Waals surface area (Å²) in [7, 11) is 0. The lowest BCUT2D eigenvalue weighted by Crippen LogP contribution is -2.03. The number of hydrogen-bond donors (Lipinski definition) is 2. The molecule has 4 aromatic heterocycles. The van der Waals surface area contributed by atoms with Crippen molar-refractivity contribution in [1.29, 1.82) is 0 Å². The largest absolute Gasteiger partial charge is 0.478 e. The van der Waals surface area contributed by atoms with Crippen LogP contribution in [-0.2, 0) is 13.0 Å². The van der Waals surface area contributed by atoms with Gasteiger partial charge in [0.2, 0.25) is 0 Å². The number of aromatic nitrogens is 8. The fourth-order valence-electron chi connectivity index (χ4n) is 3.22. The van der Waals surface area contributed by atoms with E-state index in [1.54, 1.807) is 4.68 Å². The molecule has 27 heavy (non-hydrogen) atoms. The molecule has 1 fully saturated rings. The SMILES string of the molecule is O=C(O)c1cn(Cc2cn3cc(C4CC4)ccc3n2)nc1Cc1nn[nH]n1. The summed E-state index contributed by atoms with van der Waals surface area (Å²) >= 11 is 0. The lowest BCUT2D eigenvalue weighted by atomic mass is 10.2.